The Hall–Kier alpha value is -2.02. The third-order valence-corrected chi connectivity index (χ3v) is 2.75. The Bertz CT molecular complexity index is 451. The van der Waals surface area contributed by atoms with Crippen molar-refractivity contribution in [2.75, 3.05) is 50.3 Å². The number of hydrogen-bond acceptors (Lipinski definition) is 7. The second kappa shape index (κ2) is 6.79. The fourth-order valence-corrected chi connectivity index (χ4v) is 1.64. The third kappa shape index (κ3) is 3.47. The Morgan fingerprint density at radius 2 is 2.11 bits per heavy atom. The van der Waals surface area contributed by atoms with Gasteiger partial charge in [0, 0.05) is 20.2 Å². The molecule has 0 aromatic carbocycles. The first-order valence-corrected chi connectivity index (χ1v) is 5.93. The Morgan fingerprint density at radius 1 is 1.42 bits per heavy atom. The van der Waals surface area contributed by atoms with Gasteiger partial charge in [-0.15, -0.1) is 0 Å². The van der Waals surface area contributed by atoms with Crippen molar-refractivity contribution in [3.05, 3.63) is 11.6 Å². The van der Waals surface area contributed by atoms with E-state index in [1.165, 1.54) is 7.11 Å². The van der Waals surface area contributed by atoms with E-state index in [-0.39, 0.29) is 17.1 Å². The SMILES string of the molecule is CCN(CCOC)c1cc(C(=O)OC)c(N)c(N)n1. The van der Waals surface area contributed by atoms with Gasteiger partial charge in [-0.3, -0.25) is 0 Å². The first-order chi connectivity index (χ1) is 9.04. The van der Waals surface area contributed by atoms with E-state index in [1.54, 1.807) is 13.2 Å². The molecule has 0 saturated heterocycles. The van der Waals surface area contributed by atoms with Crippen LogP contribution in [-0.2, 0) is 9.47 Å². The average molecular weight is 268 g/mol. The van der Waals surface area contributed by atoms with Crippen molar-refractivity contribution in [1.29, 1.82) is 0 Å². The highest BCUT2D eigenvalue weighted by Gasteiger charge is 2.17. The molecule has 106 valence electrons. The average Bonchev–Trinajstić information content (AvgIpc) is 2.42. The third-order valence-electron chi connectivity index (χ3n) is 2.75. The van der Waals surface area contributed by atoms with Crippen LogP contribution in [0, 0.1) is 0 Å². The zero-order chi connectivity index (χ0) is 14.4. The Morgan fingerprint density at radius 3 is 2.63 bits per heavy atom. The summed E-state index contributed by atoms with van der Waals surface area (Å²) in [7, 11) is 2.92. The van der Waals surface area contributed by atoms with Crippen molar-refractivity contribution in [2.24, 2.45) is 0 Å². The lowest BCUT2D eigenvalue weighted by Gasteiger charge is -2.22. The van der Waals surface area contributed by atoms with Crippen LogP contribution < -0.4 is 16.4 Å². The van der Waals surface area contributed by atoms with Crippen molar-refractivity contribution in [2.45, 2.75) is 6.92 Å². The standard InChI is InChI=1S/C12H20N4O3/c1-4-16(5-6-18-2)9-7-8(12(17)19-3)10(13)11(14)15-9/h7H,4-6,13H2,1-3H3,(H2,14,15). The molecule has 0 radical (unpaired) electrons. The lowest BCUT2D eigenvalue weighted by molar-refractivity contribution is 0.0602. The van der Waals surface area contributed by atoms with Crippen LogP contribution in [0.15, 0.2) is 6.07 Å². The van der Waals surface area contributed by atoms with Gasteiger partial charge >= 0.3 is 5.97 Å². The van der Waals surface area contributed by atoms with Crippen LogP contribution in [0.5, 0.6) is 0 Å². The molecule has 0 amide bonds. The quantitative estimate of drug-likeness (QED) is 0.724. The number of anilines is 3. The minimum Gasteiger partial charge on any atom is -0.465 e. The Labute approximate surface area is 112 Å². The molecule has 1 aromatic heterocycles. The van der Waals surface area contributed by atoms with E-state index in [0.29, 0.717) is 25.5 Å². The molecule has 0 unspecified atom stereocenters. The molecule has 0 atom stereocenters. The van der Waals surface area contributed by atoms with E-state index in [1.807, 2.05) is 11.8 Å². The molecule has 0 saturated carbocycles. The van der Waals surface area contributed by atoms with Crippen LogP contribution in [0.1, 0.15) is 17.3 Å². The summed E-state index contributed by atoms with van der Waals surface area (Å²) in [5.41, 5.74) is 11.8. The number of ether oxygens (including phenoxy) is 2. The number of aromatic nitrogens is 1. The molecule has 7 nitrogen and oxygen atoms in total. The molecule has 1 rings (SSSR count). The highest BCUT2D eigenvalue weighted by molar-refractivity contribution is 5.98. The normalized spacial score (nSPS) is 10.3. The van der Waals surface area contributed by atoms with Crippen molar-refractivity contribution < 1.29 is 14.3 Å². The van der Waals surface area contributed by atoms with Crippen molar-refractivity contribution in [3.63, 3.8) is 0 Å². The van der Waals surface area contributed by atoms with Crippen molar-refractivity contribution >= 4 is 23.3 Å². The molecule has 0 aliphatic rings. The van der Waals surface area contributed by atoms with Crippen LogP contribution in [0.3, 0.4) is 0 Å². The van der Waals surface area contributed by atoms with Gasteiger partial charge < -0.3 is 25.8 Å². The fourth-order valence-electron chi connectivity index (χ4n) is 1.64. The molecular weight excluding hydrogens is 248 g/mol. The number of carbonyl (C=O) groups excluding carboxylic acids is 1. The zero-order valence-corrected chi connectivity index (χ0v) is 11.5. The van der Waals surface area contributed by atoms with E-state index in [9.17, 15) is 4.79 Å². The van der Waals surface area contributed by atoms with Gasteiger partial charge in [0.2, 0.25) is 0 Å². The van der Waals surface area contributed by atoms with Gasteiger partial charge in [0.15, 0.2) is 0 Å². The molecule has 0 aliphatic carbocycles. The van der Waals surface area contributed by atoms with E-state index < -0.39 is 5.97 Å². The number of carbonyl (C=O) groups is 1. The van der Waals surface area contributed by atoms with Gasteiger partial charge in [-0.2, -0.15) is 0 Å². The topological polar surface area (TPSA) is 104 Å². The van der Waals surface area contributed by atoms with Crippen LogP contribution in [0.25, 0.3) is 0 Å². The lowest BCUT2D eigenvalue weighted by Crippen LogP contribution is -2.28. The maximum atomic E-state index is 11.6. The molecule has 0 spiro atoms. The van der Waals surface area contributed by atoms with Crippen LogP contribution >= 0.6 is 0 Å². The highest BCUT2D eigenvalue weighted by Crippen LogP contribution is 2.24. The summed E-state index contributed by atoms with van der Waals surface area (Å²) in [6, 6.07) is 1.58. The highest BCUT2D eigenvalue weighted by atomic mass is 16.5. The van der Waals surface area contributed by atoms with E-state index in [2.05, 4.69) is 9.72 Å². The molecule has 0 bridgehead atoms. The Balaban J connectivity index is 3.14. The summed E-state index contributed by atoms with van der Waals surface area (Å²) in [6.45, 7) is 3.87. The number of esters is 1. The number of likely N-dealkylation sites (N-methyl/N-ethyl adjacent to an activating group) is 1. The van der Waals surface area contributed by atoms with Crippen LogP contribution in [0.2, 0.25) is 0 Å². The lowest BCUT2D eigenvalue weighted by atomic mass is 10.2. The van der Waals surface area contributed by atoms with Crippen molar-refractivity contribution in [3.8, 4) is 0 Å². The van der Waals surface area contributed by atoms with Gasteiger partial charge in [-0.1, -0.05) is 0 Å². The van der Waals surface area contributed by atoms with Gasteiger partial charge in [-0.05, 0) is 13.0 Å². The first kappa shape index (κ1) is 15.0. The van der Waals surface area contributed by atoms with Gasteiger partial charge in [0.1, 0.15) is 11.6 Å². The molecule has 0 aliphatic heterocycles. The second-order valence-electron chi connectivity index (χ2n) is 3.89. The molecule has 0 fully saturated rings. The number of nitrogens with two attached hydrogens (primary N) is 2. The number of methoxy groups -OCH3 is 2. The number of rotatable bonds is 6. The number of pyridine rings is 1. The molecule has 19 heavy (non-hydrogen) atoms. The summed E-state index contributed by atoms with van der Waals surface area (Å²) in [5, 5.41) is 0. The first-order valence-electron chi connectivity index (χ1n) is 5.93. The molecule has 1 aromatic rings. The van der Waals surface area contributed by atoms with Gasteiger partial charge in [-0.25, -0.2) is 9.78 Å². The largest absolute Gasteiger partial charge is 0.465 e. The summed E-state index contributed by atoms with van der Waals surface area (Å²) >= 11 is 0. The summed E-state index contributed by atoms with van der Waals surface area (Å²) in [6.07, 6.45) is 0. The fraction of sp³-hybridized carbons (Fsp3) is 0.500. The Kier molecular flexibility index (Phi) is 5.37. The molecule has 1 heterocycles. The molecule has 4 N–H and O–H groups in total. The zero-order valence-electron chi connectivity index (χ0n) is 11.5. The predicted octanol–water partition coefficient (Wildman–Crippen LogP) is 0.505. The minimum atomic E-state index is -0.532. The maximum Gasteiger partial charge on any atom is 0.340 e. The van der Waals surface area contributed by atoms with Crippen molar-refractivity contribution in [1.82, 2.24) is 4.98 Å². The van der Waals surface area contributed by atoms with Crippen LogP contribution in [-0.4, -0.2) is 44.9 Å². The van der Waals surface area contributed by atoms with Gasteiger partial charge in [0.05, 0.1) is 25.0 Å². The smallest absolute Gasteiger partial charge is 0.340 e. The number of hydrogen-bond donors (Lipinski definition) is 2. The van der Waals surface area contributed by atoms with Crippen LogP contribution in [0.4, 0.5) is 17.3 Å². The monoisotopic (exact) mass is 268 g/mol. The predicted molar refractivity (Wildman–Crippen MR) is 74.2 cm³/mol. The second-order valence-corrected chi connectivity index (χ2v) is 3.89. The summed E-state index contributed by atoms with van der Waals surface area (Å²) in [5.74, 6) is 0.163. The van der Waals surface area contributed by atoms with E-state index in [4.69, 9.17) is 16.2 Å². The minimum absolute atomic E-state index is 0.119. The summed E-state index contributed by atoms with van der Waals surface area (Å²) in [4.78, 5) is 17.8. The van der Waals surface area contributed by atoms with E-state index in [0.717, 1.165) is 0 Å². The number of nitrogen functional groups attached to an aromatic ring is 2. The maximum absolute atomic E-state index is 11.6. The van der Waals surface area contributed by atoms with E-state index >= 15 is 0 Å². The number of nitrogens with zero attached hydrogens (tertiary/aromatic N) is 2. The van der Waals surface area contributed by atoms with Gasteiger partial charge in [0.25, 0.3) is 0 Å². The summed E-state index contributed by atoms with van der Waals surface area (Å²) < 4.78 is 9.71. The molecule has 7 heteroatoms. The molecular formula is C12H20N4O3.